The summed E-state index contributed by atoms with van der Waals surface area (Å²) in [4.78, 5) is 24.0. The van der Waals surface area contributed by atoms with Crippen molar-refractivity contribution in [2.75, 3.05) is 13.1 Å². The molecule has 5 nitrogen and oxygen atoms in total. The Morgan fingerprint density at radius 1 is 1.07 bits per heavy atom. The molecule has 1 saturated heterocycles. The quantitative estimate of drug-likeness (QED) is 0.773. The lowest BCUT2D eigenvalue weighted by Gasteiger charge is -2.18. The molecule has 0 aliphatic carbocycles. The Morgan fingerprint density at radius 2 is 1.67 bits per heavy atom. The van der Waals surface area contributed by atoms with E-state index in [1.165, 1.54) is 12.1 Å². The third kappa shape index (κ3) is 5.76. The summed E-state index contributed by atoms with van der Waals surface area (Å²) in [6.45, 7) is -1.26. The Kier molecular flexibility index (Phi) is 5.91. The number of aliphatic carboxylic acids is 1. The number of carboxylic acids is 1. The monoisotopic (exact) mass is 399 g/mol. The van der Waals surface area contributed by atoms with Crippen LogP contribution in [0.4, 0.5) is 26.3 Å². The second-order valence-electron chi connectivity index (χ2n) is 6.08. The fraction of sp³-hybridized carbons (Fsp3) is 0.500. The number of likely N-dealkylation sites (tertiary alicyclic amines) is 1. The first-order valence-corrected chi connectivity index (χ1v) is 7.79. The molecular weight excluding hydrogens is 384 g/mol. The second kappa shape index (κ2) is 7.65. The fourth-order valence-electron chi connectivity index (χ4n) is 2.86. The molecule has 0 unspecified atom stereocenters. The number of hydrogen-bond acceptors (Lipinski definition) is 3. The van der Waals surface area contributed by atoms with Gasteiger partial charge in [0.05, 0.1) is 11.8 Å². The Labute approximate surface area is 149 Å². The summed E-state index contributed by atoms with van der Waals surface area (Å²) in [6, 6.07) is 4.72. The van der Waals surface area contributed by atoms with E-state index in [4.69, 9.17) is 5.11 Å². The lowest BCUT2D eigenvalue weighted by atomic mass is 9.96. The van der Waals surface area contributed by atoms with Gasteiger partial charge in [-0.15, -0.1) is 13.2 Å². The number of carboxylic acid groups (broad SMARTS) is 1. The van der Waals surface area contributed by atoms with Gasteiger partial charge >= 0.3 is 18.5 Å². The number of rotatable bonds is 5. The van der Waals surface area contributed by atoms with Crippen LogP contribution in [-0.2, 0) is 16.0 Å². The van der Waals surface area contributed by atoms with E-state index in [9.17, 15) is 35.9 Å². The predicted molar refractivity (Wildman–Crippen MR) is 78.7 cm³/mol. The maximum absolute atomic E-state index is 12.9. The molecule has 11 heteroatoms. The molecule has 0 aromatic heterocycles. The molecule has 27 heavy (non-hydrogen) atoms. The number of ether oxygens (including phenoxy) is 1. The van der Waals surface area contributed by atoms with Gasteiger partial charge < -0.3 is 14.7 Å². The predicted octanol–water partition coefficient (Wildman–Crippen LogP) is 3.24. The lowest BCUT2D eigenvalue weighted by molar-refractivity contribution is -0.274. The van der Waals surface area contributed by atoms with Crippen molar-refractivity contribution in [3.63, 3.8) is 0 Å². The molecule has 1 aromatic carbocycles. The third-order valence-electron chi connectivity index (χ3n) is 4.19. The zero-order chi connectivity index (χ0) is 20.4. The lowest BCUT2D eigenvalue weighted by Crippen LogP contribution is -2.34. The first kappa shape index (κ1) is 20.8. The van der Waals surface area contributed by atoms with Gasteiger partial charge in [0.2, 0.25) is 5.91 Å². The number of carbonyl (C=O) groups is 2. The Hall–Kier alpha value is -2.46. The van der Waals surface area contributed by atoms with E-state index in [0.717, 1.165) is 17.0 Å². The molecule has 2 atom stereocenters. The van der Waals surface area contributed by atoms with E-state index in [1.54, 1.807) is 0 Å². The van der Waals surface area contributed by atoms with Gasteiger partial charge in [0.15, 0.2) is 0 Å². The molecule has 2 rings (SSSR count). The summed E-state index contributed by atoms with van der Waals surface area (Å²) < 4.78 is 78.7. The number of aryl methyl sites for hydroxylation is 1. The largest absolute Gasteiger partial charge is 0.573 e. The number of halogens is 6. The minimum absolute atomic E-state index is 0.0794. The number of benzene rings is 1. The van der Waals surface area contributed by atoms with Crippen molar-refractivity contribution in [2.24, 2.45) is 11.8 Å². The highest BCUT2D eigenvalue weighted by molar-refractivity contribution is 5.79. The van der Waals surface area contributed by atoms with Gasteiger partial charge in [-0.25, -0.2) is 0 Å². The normalized spacial score (nSPS) is 20.6. The van der Waals surface area contributed by atoms with Crippen LogP contribution in [0.25, 0.3) is 0 Å². The first-order chi connectivity index (χ1) is 12.4. The van der Waals surface area contributed by atoms with E-state index < -0.39 is 55.1 Å². The molecule has 0 saturated carbocycles. The van der Waals surface area contributed by atoms with Gasteiger partial charge in [-0.3, -0.25) is 9.59 Å². The summed E-state index contributed by atoms with van der Waals surface area (Å²) >= 11 is 0. The molecule has 1 aliphatic rings. The SMILES string of the molecule is O=C(O)[C@@H]1CN(C(=O)CCc2ccc(OC(F)(F)F)cc2)C[C@H]1C(F)(F)F. The maximum atomic E-state index is 12.9. The van der Waals surface area contributed by atoms with E-state index >= 15 is 0 Å². The molecule has 1 N–H and O–H groups in total. The molecule has 0 radical (unpaired) electrons. The fourth-order valence-corrected chi connectivity index (χ4v) is 2.86. The molecule has 1 fully saturated rings. The number of alkyl halides is 6. The molecule has 0 bridgehead atoms. The van der Waals surface area contributed by atoms with Crippen LogP contribution in [0, 0.1) is 11.8 Å². The molecular formula is C16H15F6NO4. The van der Waals surface area contributed by atoms with Crippen LogP contribution in [0.3, 0.4) is 0 Å². The van der Waals surface area contributed by atoms with Gasteiger partial charge in [-0.1, -0.05) is 12.1 Å². The first-order valence-electron chi connectivity index (χ1n) is 7.79. The van der Waals surface area contributed by atoms with Gasteiger partial charge in [0.25, 0.3) is 0 Å². The third-order valence-corrected chi connectivity index (χ3v) is 4.19. The van der Waals surface area contributed by atoms with Crippen LogP contribution < -0.4 is 4.74 Å². The summed E-state index contributed by atoms with van der Waals surface area (Å²) in [7, 11) is 0. The highest BCUT2D eigenvalue weighted by Crippen LogP contribution is 2.38. The molecule has 1 aliphatic heterocycles. The van der Waals surface area contributed by atoms with E-state index in [-0.39, 0.29) is 12.8 Å². The van der Waals surface area contributed by atoms with E-state index in [2.05, 4.69) is 4.74 Å². The molecule has 150 valence electrons. The van der Waals surface area contributed by atoms with Gasteiger partial charge in [0.1, 0.15) is 5.75 Å². The average Bonchev–Trinajstić information content (AvgIpc) is 2.98. The minimum Gasteiger partial charge on any atom is -0.481 e. The molecule has 1 aromatic rings. The van der Waals surface area contributed by atoms with Crippen LogP contribution in [0.5, 0.6) is 5.75 Å². The van der Waals surface area contributed by atoms with Crippen LogP contribution in [-0.4, -0.2) is 47.5 Å². The highest BCUT2D eigenvalue weighted by atomic mass is 19.4. The number of nitrogens with zero attached hydrogens (tertiary/aromatic N) is 1. The number of carbonyl (C=O) groups excluding carboxylic acids is 1. The Balaban J connectivity index is 1.93. The summed E-state index contributed by atoms with van der Waals surface area (Å²) in [6.07, 6.45) is -9.68. The van der Waals surface area contributed by atoms with Crippen molar-refractivity contribution in [3.05, 3.63) is 29.8 Å². The number of amides is 1. The molecule has 1 heterocycles. The maximum Gasteiger partial charge on any atom is 0.573 e. The van der Waals surface area contributed by atoms with E-state index in [1.807, 2.05) is 0 Å². The molecule has 1 amide bonds. The van der Waals surface area contributed by atoms with Gasteiger partial charge in [-0.2, -0.15) is 13.2 Å². The standard InChI is InChI=1S/C16H15F6NO4/c17-15(18,19)12-8-23(7-11(12)14(25)26)13(24)6-3-9-1-4-10(5-2-9)27-16(20,21)22/h1-2,4-5,11-12H,3,6-8H2,(H,25,26)/t11-,12-/m1/s1. The number of hydrogen-bond donors (Lipinski definition) is 1. The van der Waals surface area contributed by atoms with Crippen molar-refractivity contribution in [1.29, 1.82) is 0 Å². The van der Waals surface area contributed by atoms with Crippen LogP contribution in [0.2, 0.25) is 0 Å². The summed E-state index contributed by atoms with van der Waals surface area (Å²) in [5, 5.41) is 8.93. The van der Waals surface area contributed by atoms with E-state index in [0.29, 0.717) is 5.56 Å². The van der Waals surface area contributed by atoms with Gasteiger partial charge in [-0.05, 0) is 24.1 Å². The van der Waals surface area contributed by atoms with Crippen molar-refractivity contribution in [3.8, 4) is 5.75 Å². The van der Waals surface area contributed by atoms with Crippen molar-refractivity contribution >= 4 is 11.9 Å². The second-order valence-corrected chi connectivity index (χ2v) is 6.08. The topological polar surface area (TPSA) is 66.8 Å². The Bertz CT molecular complexity index is 686. The summed E-state index contributed by atoms with van der Waals surface area (Å²) in [5.41, 5.74) is 0.485. The van der Waals surface area contributed by atoms with Crippen molar-refractivity contribution in [2.45, 2.75) is 25.4 Å². The van der Waals surface area contributed by atoms with Crippen LogP contribution in [0.15, 0.2) is 24.3 Å². The average molecular weight is 399 g/mol. The zero-order valence-corrected chi connectivity index (χ0v) is 13.7. The minimum atomic E-state index is -4.83. The zero-order valence-electron chi connectivity index (χ0n) is 13.7. The Morgan fingerprint density at radius 3 is 2.11 bits per heavy atom. The molecule has 0 spiro atoms. The van der Waals surface area contributed by atoms with Crippen molar-refractivity contribution < 1.29 is 45.8 Å². The van der Waals surface area contributed by atoms with Crippen LogP contribution in [0.1, 0.15) is 12.0 Å². The summed E-state index contributed by atoms with van der Waals surface area (Å²) in [5.74, 6) is -6.54. The highest BCUT2D eigenvalue weighted by Gasteiger charge is 2.53. The smallest absolute Gasteiger partial charge is 0.481 e. The van der Waals surface area contributed by atoms with Crippen molar-refractivity contribution in [1.82, 2.24) is 4.90 Å². The van der Waals surface area contributed by atoms with Crippen LogP contribution >= 0.6 is 0 Å². The van der Waals surface area contributed by atoms with Gasteiger partial charge in [0, 0.05) is 19.5 Å².